The number of aliphatic carboxylic acids is 1. The lowest BCUT2D eigenvalue weighted by atomic mass is 10.2. The van der Waals surface area contributed by atoms with Crippen LogP contribution in [0.15, 0.2) is 44.4 Å². The van der Waals surface area contributed by atoms with E-state index in [1.807, 2.05) is 0 Å². The molecule has 0 aliphatic rings. The largest absolute Gasteiger partial charge is 0.480 e. The smallest absolute Gasteiger partial charge is 0.336 e. The molecule has 1 aromatic carbocycles. The Balaban J connectivity index is 2.42. The second-order valence-electron chi connectivity index (χ2n) is 4.37. The number of hydrogen-bond donors (Lipinski definition) is 2. The van der Waals surface area contributed by atoms with Crippen LogP contribution < -0.4 is 10.3 Å². The van der Waals surface area contributed by atoms with Gasteiger partial charge in [-0.2, -0.15) is 4.72 Å². The van der Waals surface area contributed by atoms with Crippen LogP contribution in [-0.2, 0) is 14.8 Å². The highest BCUT2D eigenvalue weighted by molar-refractivity contribution is 7.89. The van der Waals surface area contributed by atoms with Gasteiger partial charge in [0.05, 0.1) is 4.90 Å². The summed E-state index contributed by atoms with van der Waals surface area (Å²) in [6.45, 7) is 1.57. The van der Waals surface area contributed by atoms with Crippen molar-refractivity contribution in [1.82, 2.24) is 4.72 Å². The normalized spacial score (nSPS) is 13.2. The third kappa shape index (κ3) is 3.29. The van der Waals surface area contributed by atoms with E-state index in [2.05, 4.69) is 4.72 Å². The summed E-state index contributed by atoms with van der Waals surface area (Å²) < 4.78 is 31.3. The monoisotopic (exact) mass is 311 g/mol. The Bertz CT molecular complexity index is 839. The fourth-order valence-corrected chi connectivity index (χ4v) is 3.09. The van der Waals surface area contributed by atoms with E-state index in [1.165, 1.54) is 30.3 Å². The standard InChI is InChI=1S/C13H13NO6S/c1-2-10(13(16)17)14-21(18,19)9-4-5-11-8(7-9)3-6-12(15)20-11/h3-7,10,14H,2H2,1H3,(H,16,17). The molecule has 2 N–H and O–H groups in total. The predicted molar refractivity (Wildman–Crippen MR) is 74.5 cm³/mol. The van der Waals surface area contributed by atoms with E-state index in [-0.39, 0.29) is 16.9 Å². The topological polar surface area (TPSA) is 114 Å². The lowest BCUT2D eigenvalue weighted by Gasteiger charge is -2.13. The van der Waals surface area contributed by atoms with Gasteiger partial charge in [-0.1, -0.05) is 6.92 Å². The van der Waals surface area contributed by atoms with E-state index < -0.39 is 27.7 Å². The zero-order valence-corrected chi connectivity index (χ0v) is 11.9. The second-order valence-corrected chi connectivity index (χ2v) is 6.09. The highest BCUT2D eigenvalue weighted by Gasteiger charge is 2.24. The fourth-order valence-electron chi connectivity index (χ4n) is 1.78. The minimum absolute atomic E-state index is 0.0939. The van der Waals surface area contributed by atoms with Crippen LogP contribution in [0.5, 0.6) is 0 Å². The number of carboxylic acids is 1. The van der Waals surface area contributed by atoms with Crippen LogP contribution in [0.4, 0.5) is 0 Å². The zero-order chi connectivity index (χ0) is 15.6. The van der Waals surface area contributed by atoms with E-state index in [0.717, 1.165) is 0 Å². The average molecular weight is 311 g/mol. The molecule has 1 aromatic heterocycles. The molecule has 2 rings (SSSR count). The number of hydrogen-bond acceptors (Lipinski definition) is 5. The summed E-state index contributed by atoms with van der Waals surface area (Å²) in [4.78, 5) is 21.9. The van der Waals surface area contributed by atoms with Crippen LogP contribution in [0.25, 0.3) is 11.0 Å². The Hall–Kier alpha value is -2.19. The molecular formula is C13H13NO6S. The molecular weight excluding hydrogens is 298 g/mol. The van der Waals surface area contributed by atoms with Gasteiger partial charge in [0.15, 0.2) is 0 Å². The van der Waals surface area contributed by atoms with Gasteiger partial charge in [-0.3, -0.25) is 4.79 Å². The maximum absolute atomic E-state index is 12.1. The zero-order valence-electron chi connectivity index (χ0n) is 11.1. The van der Waals surface area contributed by atoms with E-state index in [0.29, 0.717) is 5.39 Å². The summed E-state index contributed by atoms with van der Waals surface area (Å²) >= 11 is 0. The molecule has 21 heavy (non-hydrogen) atoms. The van der Waals surface area contributed by atoms with Gasteiger partial charge in [-0.05, 0) is 30.7 Å². The van der Waals surface area contributed by atoms with Crippen molar-refractivity contribution >= 4 is 27.0 Å². The summed E-state index contributed by atoms with van der Waals surface area (Å²) in [7, 11) is -3.97. The lowest BCUT2D eigenvalue weighted by Crippen LogP contribution is -2.40. The van der Waals surface area contributed by atoms with Crippen LogP contribution in [0.1, 0.15) is 13.3 Å². The number of carboxylic acid groups (broad SMARTS) is 1. The first-order chi connectivity index (χ1) is 9.83. The summed E-state index contributed by atoms with van der Waals surface area (Å²) in [5, 5.41) is 9.34. The third-order valence-corrected chi connectivity index (χ3v) is 4.37. The minimum atomic E-state index is -3.97. The van der Waals surface area contributed by atoms with Crippen molar-refractivity contribution in [3.05, 3.63) is 40.8 Å². The van der Waals surface area contributed by atoms with E-state index in [4.69, 9.17) is 9.52 Å². The SMILES string of the molecule is CCC(NS(=O)(=O)c1ccc2oc(=O)ccc2c1)C(=O)O. The molecule has 1 unspecified atom stereocenters. The lowest BCUT2D eigenvalue weighted by molar-refractivity contribution is -0.139. The van der Waals surface area contributed by atoms with Gasteiger partial charge in [0.1, 0.15) is 11.6 Å². The number of benzene rings is 1. The molecule has 0 radical (unpaired) electrons. The minimum Gasteiger partial charge on any atom is -0.480 e. The molecule has 0 amide bonds. The maximum Gasteiger partial charge on any atom is 0.336 e. The van der Waals surface area contributed by atoms with Gasteiger partial charge in [0.2, 0.25) is 10.0 Å². The van der Waals surface area contributed by atoms with Gasteiger partial charge in [-0.25, -0.2) is 13.2 Å². The average Bonchev–Trinajstić information content (AvgIpc) is 2.43. The van der Waals surface area contributed by atoms with Gasteiger partial charge in [0.25, 0.3) is 0 Å². The van der Waals surface area contributed by atoms with Gasteiger partial charge >= 0.3 is 11.6 Å². The highest BCUT2D eigenvalue weighted by atomic mass is 32.2. The van der Waals surface area contributed by atoms with Gasteiger partial charge in [-0.15, -0.1) is 0 Å². The van der Waals surface area contributed by atoms with Crippen molar-refractivity contribution in [3.8, 4) is 0 Å². The molecule has 7 nitrogen and oxygen atoms in total. The molecule has 1 atom stereocenters. The first-order valence-electron chi connectivity index (χ1n) is 6.12. The predicted octanol–water partition coefficient (Wildman–Crippen LogP) is 0.935. The molecule has 0 fully saturated rings. The second kappa shape index (κ2) is 5.66. The van der Waals surface area contributed by atoms with Crippen molar-refractivity contribution in [2.75, 3.05) is 0 Å². The molecule has 2 aromatic rings. The molecule has 0 saturated heterocycles. The van der Waals surface area contributed by atoms with Crippen molar-refractivity contribution in [2.45, 2.75) is 24.3 Å². The van der Waals surface area contributed by atoms with Crippen LogP contribution in [0, 0.1) is 0 Å². The van der Waals surface area contributed by atoms with Crippen molar-refractivity contribution in [1.29, 1.82) is 0 Å². The van der Waals surface area contributed by atoms with Gasteiger partial charge in [0, 0.05) is 11.5 Å². The number of rotatable bonds is 5. The van der Waals surface area contributed by atoms with Crippen LogP contribution >= 0.6 is 0 Å². The number of fused-ring (bicyclic) bond motifs is 1. The van der Waals surface area contributed by atoms with Crippen LogP contribution in [-0.4, -0.2) is 25.5 Å². The fraction of sp³-hybridized carbons (Fsp3) is 0.231. The summed E-state index contributed by atoms with van der Waals surface area (Å²) in [5.74, 6) is -1.24. The van der Waals surface area contributed by atoms with Crippen molar-refractivity contribution < 1.29 is 22.7 Å². The van der Waals surface area contributed by atoms with E-state index >= 15 is 0 Å². The van der Waals surface area contributed by atoms with Crippen molar-refractivity contribution in [3.63, 3.8) is 0 Å². The Kier molecular flexibility index (Phi) is 4.10. The molecule has 8 heteroatoms. The maximum atomic E-state index is 12.1. The quantitative estimate of drug-likeness (QED) is 0.794. The summed E-state index contributed by atoms with van der Waals surface area (Å²) in [6, 6.07) is 5.34. The van der Waals surface area contributed by atoms with E-state index in [9.17, 15) is 18.0 Å². The summed E-state index contributed by atoms with van der Waals surface area (Å²) in [6.07, 6.45) is 0.122. The van der Waals surface area contributed by atoms with Gasteiger partial charge < -0.3 is 9.52 Å². The Labute approximate surface area is 120 Å². The first kappa shape index (κ1) is 15.2. The molecule has 0 saturated carbocycles. The third-order valence-electron chi connectivity index (χ3n) is 2.90. The van der Waals surface area contributed by atoms with Crippen LogP contribution in [0.3, 0.4) is 0 Å². The first-order valence-corrected chi connectivity index (χ1v) is 7.61. The molecule has 0 spiro atoms. The van der Waals surface area contributed by atoms with Crippen molar-refractivity contribution in [2.24, 2.45) is 0 Å². The molecule has 0 bridgehead atoms. The molecule has 0 aliphatic carbocycles. The molecule has 1 heterocycles. The number of sulfonamides is 1. The van der Waals surface area contributed by atoms with E-state index in [1.54, 1.807) is 6.92 Å². The highest BCUT2D eigenvalue weighted by Crippen LogP contribution is 2.18. The Morgan fingerprint density at radius 3 is 2.67 bits per heavy atom. The molecule has 0 aliphatic heterocycles. The van der Waals surface area contributed by atoms with Crippen LogP contribution in [0.2, 0.25) is 0 Å². The number of carbonyl (C=O) groups is 1. The molecule has 112 valence electrons. The Morgan fingerprint density at radius 1 is 1.33 bits per heavy atom. The Morgan fingerprint density at radius 2 is 2.05 bits per heavy atom. The summed E-state index contributed by atoms with van der Waals surface area (Å²) in [5.41, 5.74) is -0.278. The number of nitrogens with one attached hydrogen (secondary N) is 1.